The van der Waals surface area contributed by atoms with Crippen molar-refractivity contribution >= 4 is 15.9 Å². The largest absolute Gasteiger partial charge is 0.741 e. The van der Waals surface area contributed by atoms with Crippen molar-refractivity contribution in [3.8, 4) is 11.1 Å². The summed E-state index contributed by atoms with van der Waals surface area (Å²) in [5, 5.41) is 0. The fraction of sp³-hybridized carbons (Fsp3) is 0.143. The van der Waals surface area contributed by atoms with Crippen molar-refractivity contribution < 1.29 is 35.5 Å². The molecule has 0 N–H and O–H groups in total. The van der Waals surface area contributed by atoms with E-state index in [9.17, 15) is 18.0 Å². The summed E-state index contributed by atoms with van der Waals surface area (Å²) < 4.78 is 60.8. The molecule has 5 nitrogen and oxygen atoms in total. The molecule has 1 aromatic carbocycles. The topological polar surface area (TPSA) is 78.1 Å². The maximum absolute atomic E-state index is 12.1. The number of halogens is 3. The van der Waals surface area contributed by atoms with Crippen LogP contribution in [0.4, 0.5) is 13.2 Å². The summed E-state index contributed by atoms with van der Waals surface area (Å²) in [5.41, 5.74) is -1.95. The molecule has 0 unspecified atom stereocenters. The number of carbonyl (C=O) groups excluding carboxylic acids is 1. The molecule has 0 saturated heterocycles. The minimum absolute atomic E-state index is 0.128. The van der Waals surface area contributed by atoms with Crippen molar-refractivity contribution in [2.75, 3.05) is 0 Å². The van der Waals surface area contributed by atoms with Crippen molar-refractivity contribution in [1.82, 2.24) is 0 Å². The Morgan fingerprint density at radius 2 is 1.48 bits per heavy atom. The van der Waals surface area contributed by atoms with Gasteiger partial charge in [0.05, 0.1) is 5.56 Å². The van der Waals surface area contributed by atoms with E-state index in [0.29, 0.717) is 0 Å². The van der Waals surface area contributed by atoms with Gasteiger partial charge in [0.25, 0.3) is 11.5 Å². The Hall–Kier alpha value is -2.26. The van der Waals surface area contributed by atoms with E-state index in [0.717, 1.165) is 22.4 Å². The molecule has 0 saturated carbocycles. The number of alkyl halides is 3. The number of carbonyl (C=O) groups is 1. The number of fused-ring (bicyclic) bond motifs is 3. The lowest BCUT2D eigenvalue weighted by Crippen LogP contribution is -2.34. The minimum Gasteiger partial charge on any atom is -0.741 e. The highest BCUT2D eigenvalue weighted by Crippen LogP contribution is 2.33. The summed E-state index contributed by atoms with van der Waals surface area (Å²) in [5.74, 6) is 0.128. The Kier molecular flexibility index (Phi) is 4.27. The first-order chi connectivity index (χ1) is 10.5. The quantitative estimate of drug-likeness (QED) is 0.353. The zero-order valence-corrected chi connectivity index (χ0v) is 12.5. The van der Waals surface area contributed by atoms with Gasteiger partial charge in [-0.15, -0.1) is 0 Å². The molecule has 0 fully saturated rings. The van der Waals surface area contributed by atoms with Gasteiger partial charge in [0.1, 0.15) is 7.05 Å². The Balaban J connectivity index is 0.000000207. The molecule has 122 valence electrons. The van der Waals surface area contributed by atoms with Gasteiger partial charge in [0.2, 0.25) is 0 Å². The predicted octanol–water partition coefficient (Wildman–Crippen LogP) is 1.77. The third kappa shape index (κ3) is 3.25. The Bertz CT molecular complexity index is 876. The molecule has 1 aliphatic carbocycles. The van der Waals surface area contributed by atoms with E-state index < -0.39 is 15.6 Å². The van der Waals surface area contributed by atoms with E-state index in [4.69, 9.17) is 13.0 Å². The number of aryl methyl sites for hydroxylation is 1. The number of benzene rings is 1. The predicted molar refractivity (Wildman–Crippen MR) is 72.2 cm³/mol. The van der Waals surface area contributed by atoms with Gasteiger partial charge in [-0.1, -0.05) is 24.3 Å². The average Bonchev–Trinajstić information content (AvgIpc) is 2.73. The number of ketones is 1. The van der Waals surface area contributed by atoms with Crippen molar-refractivity contribution in [3.63, 3.8) is 0 Å². The van der Waals surface area contributed by atoms with Crippen LogP contribution in [0.2, 0.25) is 0 Å². The Labute approximate surface area is 129 Å². The number of aromatic nitrogens is 1. The van der Waals surface area contributed by atoms with Crippen molar-refractivity contribution in [2.24, 2.45) is 7.05 Å². The van der Waals surface area contributed by atoms with Gasteiger partial charge in [-0.05, 0) is 11.6 Å². The fourth-order valence-electron chi connectivity index (χ4n) is 2.16. The van der Waals surface area contributed by atoms with Crippen LogP contribution in [0.1, 0.15) is 16.1 Å². The lowest BCUT2D eigenvalue weighted by molar-refractivity contribution is -0.672. The monoisotopic (exact) mass is 345 g/mol. The number of nitrogens with zero attached hydrogens (tertiary/aromatic N) is 1. The van der Waals surface area contributed by atoms with Crippen LogP contribution in [0.15, 0.2) is 42.6 Å². The Morgan fingerprint density at radius 1 is 1.00 bits per heavy atom. The molecule has 1 aliphatic rings. The maximum Gasteiger partial charge on any atom is 0.485 e. The van der Waals surface area contributed by atoms with Gasteiger partial charge in [-0.25, -0.2) is 8.42 Å². The van der Waals surface area contributed by atoms with Crippen molar-refractivity contribution in [3.05, 3.63) is 53.9 Å². The first-order valence-electron chi connectivity index (χ1n) is 6.19. The SMILES string of the molecule is C[n+]1cccc2c1C(=O)c1ccccc1-2.O=S(=O)([O-])C(F)(F)F. The molecule has 0 radical (unpaired) electrons. The normalized spacial score (nSPS) is 13.0. The van der Waals surface area contributed by atoms with Gasteiger partial charge in [0.15, 0.2) is 16.3 Å². The van der Waals surface area contributed by atoms with Gasteiger partial charge in [-0.2, -0.15) is 17.7 Å². The highest BCUT2D eigenvalue weighted by Gasteiger charge is 2.37. The first-order valence-corrected chi connectivity index (χ1v) is 7.60. The van der Waals surface area contributed by atoms with E-state index in [2.05, 4.69) is 0 Å². The van der Waals surface area contributed by atoms with Crippen LogP contribution in [0, 0.1) is 0 Å². The summed E-state index contributed by atoms with van der Waals surface area (Å²) in [7, 11) is -4.18. The summed E-state index contributed by atoms with van der Waals surface area (Å²) in [6.45, 7) is 0. The van der Waals surface area contributed by atoms with Gasteiger partial charge in [-0.3, -0.25) is 4.79 Å². The molecule has 3 rings (SSSR count). The number of hydrogen-bond acceptors (Lipinski definition) is 4. The lowest BCUT2D eigenvalue weighted by Gasteiger charge is -2.08. The second-order valence-corrected chi connectivity index (χ2v) is 6.03. The van der Waals surface area contributed by atoms with E-state index >= 15 is 0 Å². The smallest absolute Gasteiger partial charge is 0.485 e. The molecule has 1 aromatic heterocycles. The standard InChI is InChI=1S/C13H10NO.CHF3O3S/c1-14-8-4-7-10-9-5-2-3-6-11(9)13(15)12(10)14;2-1(3,4)8(5,6)7/h2-8H,1H3;(H,5,6,7)/q+1;/p-1. The molecule has 23 heavy (non-hydrogen) atoms. The van der Waals surface area contributed by atoms with Crippen LogP contribution >= 0.6 is 0 Å². The third-order valence-corrected chi connectivity index (χ3v) is 3.71. The third-order valence-electron chi connectivity index (χ3n) is 3.14. The molecule has 0 aliphatic heterocycles. The summed E-state index contributed by atoms with van der Waals surface area (Å²) >= 11 is 0. The zero-order valence-electron chi connectivity index (χ0n) is 11.7. The summed E-state index contributed by atoms with van der Waals surface area (Å²) in [4.78, 5) is 12.1. The van der Waals surface area contributed by atoms with Crippen LogP contribution in [0.5, 0.6) is 0 Å². The molecular formula is C14H10F3NO4S. The molecule has 1 heterocycles. The fourth-order valence-corrected chi connectivity index (χ4v) is 2.16. The van der Waals surface area contributed by atoms with Gasteiger partial charge in [0, 0.05) is 11.6 Å². The zero-order chi connectivity index (χ0) is 17.4. The van der Waals surface area contributed by atoms with Crippen LogP contribution in [0.3, 0.4) is 0 Å². The molecule has 9 heteroatoms. The van der Waals surface area contributed by atoms with E-state index in [1.165, 1.54) is 0 Å². The molecule has 0 bridgehead atoms. The molecular weight excluding hydrogens is 335 g/mol. The minimum atomic E-state index is -6.09. The number of hydrogen-bond donors (Lipinski definition) is 0. The number of pyridine rings is 1. The van der Waals surface area contributed by atoms with Crippen LogP contribution in [-0.4, -0.2) is 24.3 Å². The van der Waals surface area contributed by atoms with Crippen molar-refractivity contribution in [2.45, 2.75) is 5.51 Å². The maximum atomic E-state index is 12.1. The summed E-state index contributed by atoms with van der Waals surface area (Å²) in [6.07, 6.45) is 1.91. The molecule has 2 aromatic rings. The summed E-state index contributed by atoms with van der Waals surface area (Å²) in [6, 6.07) is 11.7. The van der Waals surface area contributed by atoms with Gasteiger partial charge >= 0.3 is 5.51 Å². The van der Waals surface area contributed by atoms with E-state index in [-0.39, 0.29) is 5.78 Å². The highest BCUT2D eigenvalue weighted by atomic mass is 32.2. The van der Waals surface area contributed by atoms with Crippen molar-refractivity contribution in [1.29, 1.82) is 0 Å². The van der Waals surface area contributed by atoms with Crippen LogP contribution < -0.4 is 4.57 Å². The first kappa shape index (κ1) is 17.1. The second-order valence-electron chi connectivity index (χ2n) is 4.66. The Morgan fingerprint density at radius 3 is 2.00 bits per heavy atom. The van der Waals surface area contributed by atoms with Gasteiger partial charge < -0.3 is 4.55 Å². The van der Waals surface area contributed by atoms with E-state index in [1.54, 1.807) is 0 Å². The van der Waals surface area contributed by atoms with Crippen LogP contribution in [0.25, 0.3) is 11.1 Å². The van der Waals surface area contributed by atoms with E-state index in [1.807, 2.05) is 54.2 Å². The molecule has 0 atom stereocenters. The number of rotatable bonds is 0. The van der Waals surface area contributed by atoms with Crippen LogP contribution in [-0.2, 0) is 17.2 Å². The highest BCUT2D eigenvalue weighted by molar-refractivity contribution is 7.86. The lowest BCUT2D eigenvalue weighted by atomic mass is 10.1. The second kappa shape index (κ2) is 5.74. The average molecular weight is 345 g/mol. The molecule has 0 spiro atoms. The molecule has 0 amide bonds.